The van der Waals surface area contributed by atoms with E-state index in [-0.39, 0.29) is 65.6 Å². The van der Waals surface area contributed by atoms with Gasteiger partial charge in [-0.2, -0.15) is 4.31 Å². The van der Waals surface area contributed by atoms with Crippen LogP contribution in [0, 0.1) is 18.7 Å². The van der Waals surface area contributed by atoms with Crippen LogP contribution in [0.25, 0.3) is 11.1 Å². The predicted molar refractivity (Wildman–Crippen MR) is 126 cm³/mol. The lowest BCUT2D eigenvalue weighted by Crippen LogP contribution is -2.52. The molecular formula is C26H29F3N2O3S. The number of rotatable bonds is 5. The number of fused-ring (bicyclic) bond motifs is 1. The highest BCUT2D eigenvalue weighted by atomic mass is 32.2. The number of halogens is 3. The summed E-state index contributed by atoms with van der Waals surface area (Å²) in [7, 11) is -2.55. The average molecular weight is 507 g/mol. The maximum atomic E-state index is 14.7. The third kappa shape index (κ3) is 4.37. The molecule has 1 aliphatic heterocycles. The number of likely N-dealkylation sites (N-methyl/N-ethyl adjacent to an activating group) is 1. The number of benzene rings is 2. The minimum Gasteiger partial charge on any atom is -0.341 e. The Hall–Kier alpha value is -2.39. The Morgan fingerprint density at radius 1 is 1.06 bits per heavy atom. The van der Waals surface area contributed by atoms with Gasteiger partial charge in [0.15, 0.2) is 0 Å². The van der Waals surface area contributed by atoms with Gasteiger partial charge in [-0.3, -0.25) is 4.79 Å². The summed E-state index contributed by atoms with van der Waals surface area (Å²) in [4.78, 5) is 14.9. The van der Waals surface area contributed by atoms with Gasteiger partial charge in [0.1, 0.15) is 11.9 Å². The molecule has 3 fully saturated rings. The van der Waals surface area contributed by atoms with Crippen molar-refractivity contribution in [3.63, 3.8) is 0 Å². The fourth-order valence-corrected chi connectivity index (χ4v) is 7.71. The Kier molecular flexibility index (Phi) is 5.99. The van der Waals surface area contributed by atoms with E-state index >= 15 is 0 Å². The summed E-state index contributed by atoms with van der Waals surface area (Å²) in [6.07, 6.45) is 0.930. The van der Waals surface area contributed by atoms with E-state index in [2.05, 4.69) is 0 Å². The molecule has 0 aromatic heterocycles. The van der Waals surface area contributed by atoms with Crippen molar-refractivity contribution in [2.45, 2.75) is 74.4 Å². The van der Waals surface area contributed by atoms with Gasteiger partial charge in [-0.25, -0.2) is 21.6 Å². The monoisotopic (exact) mass is 506 g/mol. The van der Waals surface area contributed by atoms with Crippen LogP contribution < -0.4 is 0 Å². The van der Waals surface area contributed by atoms with Crippen molar-refractivity contribution < 1.29 is 26.4 Å². The van der Waals surface area contributed by atoms with E-state index in [0.717, 1.165) is 5.56 Å². The molecule has 3 atom stereocenters. The first kappa shape index (κ1) is 24.3. The highest BCUT2D eigenvalue weighted by Crippen LogP contribution is 2.51. The maximum Gasteiger partial charge on any atom is 0.248 e. The minimum atomic E-state index is -4.14. The molecule has 188 valence electrons. The molecule has 5 rings (SSSR count). The topological polar surface area (TPSA) is 57.7 Å². The molecule has 0 unspecified atom stereocenters. The van der Waals surface area contributed by atoms with Crippen LogP contribution in [0.2, 0.25) is 0 Å². The third-order valence-electron chi connectivity index (χ3n) is 7.77. The molecule has 1 saturated heterocycles. The first-order chi connectivity index (χ1) is 16.5. The van der Waals surface area contributed by atoms with Gasteiger partial charge in [-0.05, 0) is 56.7 Å². The van der Waals surface area contributed by atoms with E-state index in [0.29, 0.717) is 12.8 Å². The second kappa shape index (κ2) is 8.62. The quantitative estimate of drug-likeness (QED) is 0.574. The van der Waals surface area contributed by atoms with Gasteiger partial charge < -0.3 is 4.90 Å². The van der Waals surface area contributed by atoms with Crippen molar-refractivity contribution >= 4 is 15.9 Å². The lowest BCUT2D eigenvalue weighted by Gasteiger charge is -2.37. The van der Waals surface area contributed by atoms with E-state index in [9.17, 15) is 26.4 Å². The first-order valence-electron chi connectivity index (χ1n) is 12.0. The van der Waals surface area contributed by atoms with Crippen molar-refractivity contribution in [1.29, 1.82) is 0 Å². The van der Waals surface area contributed by atoms with Gasteiger partial charge in [0, 0.05) is 43.1 Å². The van der Waals surface area contributed by atoms with Crippen LogP contribution >= 0.6 is 0 Å². The molecule has 0 radical (unpaired) electrons. The molecule has 9 heteroatoms. The molecule has 2 saturated carbocycles. The molecular weight excluding hydrogens is 477 g/mol. The van der Waals surface area contributed by atoms with Crippen molar-refractivity contribution in [1.82, 2.24) is 9.21 Å². The number of nitrogens with zero attached hydrogens (tertiary/aromatic N) is 2. The number of alkyl halides is 2. The zero-order valence-electron chi connectivity index (χ0n) is 19.8. The molecule has 0 spiro atoms. The Labute approximate surface area is 204 Å². The van der Waals surface area contributed by atoms with E-state index < -0.39 is 27.8 Å². The van der Waals surface area contributed by atoms with E-state index in [1.807, 2.05) is 6.92 Å². The first-order valence-corrected chi connectivity index (χ1v) is 13.5. The SMILES string of the molecule is Cc1ccc(S(=O)(=O)N2[C@H](C(=O)N(C)C3CCC(F)(F)CC3)C[C@@H]3C[C@@H]32)c(-c2ccccc2F)c1. The van der Waals surface area contributed by atoms with Gasteiger partial charge in [0.25, 0.3) is 0 Å². The number of hydrogen-bond acceptors (Lipinski definition) is 3. The van der Waals surface area contributed by atoms with Gasteiger partial charge in [-0.1, -0.05) is 29.8 Å². The Morgan fingerprint density at radius 3 is 2.43 bits per heavy atom. The summed E-state index contributed by atoms with van der Waals surface area (Å²) in [6, 6.07) is 9.34. The van der Waals surface area contributed by atoms with Gasteiger partial charge in [0.2, 0.25) is 21.9 Å². The van der Waals surface area contributed by atoms with Crippen LogP contribution in [0.5, 0.6) is 0 Å². The summed E-state index contributed by atoms with van der Waals surface area (Å²) in [6.45, 7) is 1.81. The number of carbonyl (C=O) groups is 1. The van der Waals surface area contributed by atoms with Crippen molar-refractivity contribution in [2.75, 3.05) is 7.05 Å². The summed E-state index contributed by atoms with van der Waals surface area (Å²) >= 11 is 0. The lowest BCUT2D eigenvalue weighted by atomic mass is 9.91. The molecule has 2 aromatic carbocycles. The zero-order valence-corrected chi connectivity index (χ0v) is 20.6. The maximum absolute atomic E-state index is 14.7. The highest BCUT2D eigenvalue weighted by molar-refractivity contribution is 7.89. The lowest BCUT2D eigenvalue weighted by molar-refractivity contribution is -0.138. The average Bonchev–Trinajstić information content (AvgIpc) is 3.46. The van der Waals surface area contributed by atoms with E-state index in [1.54, 1.807) is 37.4 Å². The largest absolute Gasteiger partial charge is 0.341 e. The fourth-order valence-electron chi connectivity index (χ4n) is 5.67. The van der Waals surface area contributed by atoms with Gasteiger partial charge >= 0.3 is 0 Å². The molecule has 1 heterocycles. The van der Waals surface area contributed by atoms with Crippen LogP contribution in [0.4, 0.5) is 13.2 Å². The van der Waals surface area contributed by atoms with Gasteiger partial charge in [0.05, 0.1) is 4.90 Å². The second-order valence-electron chi connectivity index (χ2n) is 10.2. The molecule has 2 aliphatic carbocycles. The standard InChI is InChI=1S/C26H29F3N2O3S/c1-16-7-8-24(20(13-16)19-5-3-4-6-21(19)27)35(33,34)31-22-14-17(22)15-23(31)25(32)30(2)18-9-11-26(28,29)12-10-18/h3-8,13,17-18,22-23H,9-12,14-15H2,1-2H3/t17-,22-,23-/m0/s1. The van der Waals surface area contributed by atoms with Gasteiger partial charge in [-0.15, -0.1) is 0 Å². The smallest absolute Gasteiger partial charge is 0.248 e. The fraction of sp³-hybridized carbons (Fsp3) is 0.500. The molecule has 5 nitrogen and oxygen atoms in total. The number of carbonyl (C=O) groups excluding carboxylic acids is 1. The number of amides is 1. The third-order valence-corrected chi connectivity index (χ3v) is 9.76. The Balaban J connectivity index is 1.48. The summed E-state index contributed by atoms with van der Waals surface area (Å²) < 4.78 is 71.3. The highest BCUT2D eigenvalue weighted by Gasteiger charge is 2.59. The van der Waals surface area contributed by atoms with E-state index in [1.165, 1.54) is 21.3 Å². The molecule has 35 heavy (non-hydrogen) atoms. The number of sulfonamides is 1. The second-order valence-corrected chi connectivity index (χ2v) is 12.0. The van der Waals surface area contributed by atoms with Crippen molar-refractivity contribution in [2.24, 2.45) is 5.92 Å². The van der Waals surface area contributed by atoms with Crippen LogP contribution in [0.1, 0.15) is 44.1 Å². The number of piperidine rings is 1. The summed E-state index contributed by atoms with van der Waals surface area (Å²) in [5, 5.41) is 0. The summed E-state index contributed by atoms with van der Waals surface area (Å²) in [5.74, 6) is -3.48. The normalized spacial score (nSPS) is 26.4. The van der Waals surface area contributed by atoms with Crippen molar-refractivity contribution in [3.8, 4) is 11.1 Å². The Morgan fingerprint density at radius 2 is 1.74 bits per heavy atom. The zero-order chi connectivity index (χ0) is 25.1. The minimum absolute atomic E-state index is 0.0292. The summed E-state index contributed by atoms with van der Waals surface area (Å²) in [5.41, 5.74) is 1.24. The van der Waals surface area contributed by atoms with Crippen LogP contribution in [0.3, 0.4) is 0 Å². The molecule has 3 aliphatic rings. The Bertz CT molecular complexity index is 1260. The predicted octanol–water partition coefficient (Wildman–Crippen LogP) is 4.99. The number of hydrogen-bond donors (Lipinski definition) is 0. The number of aryl methyl sites for hydroxylation is 1. The molecule has 0 N–H and O–H groups in total. The molecule has 1 amide bonds. The molecule has 2 aromatic rings. The van der Waals surface area contributed by atoms with Crippen molar-refractivity contribution in [3.05, 3.63) is 53.8 Å². The molecule has 0 bridgehead atoms. The van der Waals surface area contributed by atoms with Crippen LogP contribution in [-0.4, -0.2) is 54.6 Å². The van der Waals surface area contributed by atoms with Crippen LogP contribution in [0.15, 0.2) is 47.4 Å². The van der Waals surface area contributed by atoms with E-state index in [4.69, 9.17) is 0 Å². The van der Waals surface area contributed by atoms with Crippen LogP contribution in [-0.2, 0) is 14.8 Å².